The van der Waals surface area contributed by atoms with Crippen LogP contribution in [-0.2, 0) is 9.22 Å². The van der Waals surface area contributed by atoms with Crippen LogP contribution in [0.3, 0.4) is 0 Å². The minimum absolute atomic E-state index is 0.0118. The lowest BCUT2D eigenvalue weighted by Crippen LogP contribution is -2.43. The van der Waals surface area contributed by atoms with E-state index in [9.17, 15) is 4.79 Å². The third kappa shape index (κ3) is 3.97. The van der Waals surface area contributed by atoms with Crippen LogP contribution < -0.4 is 0 Å². The first-order valence-electron chi connectivity index (χ1n) is 6.73. The summed E-state index contributed by atoms with van der Waals surface area (Å²) in [4.78, 5) is 12.8. The maximum atomic E-state index is 11.9. The number of hydrogen-bond acceptors (Lipinski definition) is 3. The molecule has 1 aliphatic rings. The Bertz CT molecular complexity index is 342. The molecule has 0 heterocycles. The van der Waals surface area contributed by atoms with Crippen molar-refractivity contribution < 1.29 is 9.22 Å². The molecular weight excluding hydrogens is 260 g/mol. The van der Waals surface area contributed by atoms with E-state index in [0.29, 0.717) is 6.42 Å². The van der Waals surface area contributed by atoms with Gasteiger partial charge in [-0.15, -0.1) is 11.8 Å². The standard InChI is InChI=1S/C14H26O2SSi/c1-7-8-17-13-10-11(9-12(13)15)16-18(5,6)14(2,3)4/h10-11H,7-9H2,1-6H3/t11-/m1/s1. The first kappa shape index (κ1) is 16.0. The fraction of sp³-hybridized carbons (Fsp3) is 0.786. The van der Waals surface area contributed by atoms with Gasteiger partial charge in [0.05, 0.1) is 6.10 Å². The molecule has 0 aromatic carbocycles. The Labute approximate surface area is 117 Å². The Morgan fingerprint density at radius 3 is 2.56 bits per heavy atom. The zero-order valence-corrected chi connectivity index (χ0v) is 14.3. The minimum atomic E-state index is -1.77. The second-order valence-corrected chi connectivity index (χ2v) is 12.3. The normalized spacial score (nSPS) is 21.3. The molecule has 0 fully saturated rings. The predicted molar refractivity (Wildman–Crippen MR) is 82.5 cm³/mol. The average Bonchev–Trinajstić information content (AvgIpc) is 2.53. The van der Waals surface area contributed by atoms with E-state index in [0.717, 1.165) is 17.1 Å². The number of thioether (sulfide) groups is 1. The Morgan fingerprint density at radius 1 is 1.44 bits per heavy atom. The van der Waals surface area contributed by atoms with E-state index in [1.165, 1.54) is 0 Å². The van der Waals surface area contributed by atoms with Crippen LogP contribution in [0, 0.1) is 0 Å². The molecule has 2 nitrogen and oxygen atoms in total. The van der Waals surface area contributed by atoms with Crippen LogP contribution in [0.25, 0.3) is 0 Å². The third-order valence-electron chi connectivity index (χ3n) is 3.71. The number of Topliss-reactive ketones (excluding diaryl/α,β-unsaturated/α-hetero) is 1. The van der Waals surface area contributed by atoms with Crippen molar-refractivity contribution in [3.05, 3.63) is 11.0 Å². The van der Waals surface area contributed by atoms with Crippen molar-refractivity contribution in [1.29, 1.82) is 0 Å². The van der Waals surface area contributed by atoms with Crippen molar-refractivity contribution in [3.8, 4) is 0 Å². The summed E-state index contributed by atoms with van der Waals surface area (Å²) < 4.78 is 6.27. The molecule has 0 N–H and O–H groups in total. The Morgan fingerprint density at radius 2 is 2.06 bits per heavy atom. The van der Waals surface area contributed by atoms with Crippen molar-refractivity contribution in [1.82, 2.24) is 0 Å². The fourth-order valence-electron chi connectivity index (χ4n) is 1.58. The number of ketones is 1. The highest BCUT2D eigenvalue weighted by atomic mass is 32.2. The lowest BCUT2D eigenvalue weighted by Gasteiger charge is -2.37. The molecule has 104 valence electrons. The topological polar surface area (TPSA) is 26.3 Å². The summed E-state index contributed by atoms with van der Waals surface area (Å²) in [6.45, 7) is 13.3. The zero-order valence-electron chi connectivity index (χ0n) is 12.5. The van der Waals surface area contributed by atoms with Gasteiger partial charge in [0.15, 0.2) is 14.1 Å². The SMILES string of the molecule is CCCSC1=C[C@H](O[Si](C)(C)C(C)(C)C)CC1=O. The van der Waals surface area contributed by atoms with Crippen molar-refractivity contribution >= 4 is 25.9 Å². The van der Waals surface area contributed by atoms with Crippen molar-refractivity contribution in [2.45, 2.75) is 64.8 Å². The molecule has 4 heteroatoms. The lowest BCUT2D eigenvalue weighted by atomic mass is 10.2. The molecule has 0 saturated carbocycles. The number of rotatable bonds is 5. The molecule has 0 aromatic heterocycles. The highest BCUT2D eigenvalue weighted by Gasteiger charge is 2.40. The number of hydrogen-bond donors (Lipinski definition) is 0. The maximum absolute atomic E-state index is 11.9. The summed E-state index contributed by atoms with van der Waals surface area (Å²) in [5.74, 6) is 1.28. The number of carbonyl (C=O) groups is 1. The van der Waals surface area contributed by atoms with E-state index in [2.05, 4.69) is 40.8 Å². The van der Waals surface area contributed by atoms with Crippen LogP contribution in [-0.4, -0.2) is 26.0 Å². The van der Waals surface area contributed by atoms with Crippen molar-refractivity contribution in [2.75, 3.05) is 5.75 Å². The van der Waals surface area contributed by atoms with E-state index in [1.807, 2.05) is 6.08 Å². The van der Waals surface area contributed by atoms with Gasteiger partial charge in [-0.2, -0.15) is 0 Å². The molecule has 0 amide bonds. The van der Waals surface area contributed by atoms with Crippen LogP contribution in [0.2, 0.25) is 18.1 Å². The second-order valence-electron chi connectivity index (χ2n) is 6.42. The smallest absolute Gasteiger partial charge is 0.192 e. The van der Waals surface area contributed by atoms with E-state index in [-0.39, 0.29) is 16.9 Å². The highest BCUT2D eigenvalue weighted by Crippen LogP contribution is 2.39. The van der Waals surface area contributed by atoms with Gasteiger partial charge >= 0.3 is 0 Å². The molecule has 0 spiro atoms. The van der Waals surface area contributed by atoms with Crippen LogP contribution in [0.5, 0.6) is 0 Å². The molecule has 0 aliphatic heterocycles. The van der Waals surface area contributed by atoms with Crippen LogP contribution in [0.15, 0.2) is 11.0 Å². The zero-order chi connectivity index (χ0) is 14.0. The predicted octanol–water partition coefficient (Wildman–Crippen LogP) is 4.38. The molecule has 18 heavy (non-hydrogen) atoms. The Hall–Kier alpha value is -0.0631. The fourth-order valence-corrected chi connectivity index (χ4v) is 3.75. The van der Waals surface area contributed by atoms with Crippen molar-refractivity contribution in [3.63, 3.8) is 0 Å². The molecular formula is C14H26O2SSi. The number of carbonyl (C=O) groups excluding carboxylic acids is 1. The monoisotopic (exact) mass is 286 g/mol. The number of allylic oxidation sites excluding steroid dienone is 1. The molecule has 0 aromatic rings. The minimum Gasteiger partial charge on any atom is -0.410 e. The van der Waals surface area contributed by atoms with Crippen LogP contribution >= 0.6 is 11.8 Å². The van der Waals surface area contributed by atoms with Crippen LogP contribution in [0.1, 0.15) is 40.5 Å². The summed E-state index contributed by atoms with van der Waals surface area (Å²) in [5, 5.41) is 0.198. The summed E-state index contributed by atoms with van der Waals surface area (Å²) >= 11 is 1.68. The highest BCUT2D eigenvalue weighted by molar-refractivity contribution is 8.04. The largest absolute Gasteiger partial charge is 0.410 e. The lowest BCUT2D eigenvalue weighted by molar-refractivity contribution is -0.115. The summed E-state index contributed by atoms with van der Waals surface area (Å²) in [6.07, 6.45) is 3.70. The molecule has 1 atom stereocenters. The Balaban J connectivity index is 2.66. The second kappa shape index (κ2) is 5.93. The molecule has 1 rings (SSSR count). The molecule has 0 radical (unpaired) electrons. The average molecular weight is 287 g/mol. The van der Waals surface area contributed by atoms with Gasteiger partial charge in [0.25, 0.3) is 0 Å². The first-order chi connectivity index (χ1) is 8.17. The summed E-state index contributed by atoms with van der Waals surface area (Å²) in [5.41, 5.74) is 0. The van der Waals surface area contributed by atoms with Gasteiger partial charge in [-0.25, -0.2) is 0 Å². The molecule has 0 unspecified atom stereocenters. The van der Waals surface area contributed by atoms with Gasteiger partial charge in [-0.05, 0) is 36.4 Å². The molecule has 0 bridgehead atoms. The van der Waals surface area contributed by atoms with E-state index in [1.54, 1.807) is 11.8 Å². The Kier molecular flexibility index (Phi) is 5.27. The van der Waals surface area contributed by atoms with Gasteiger partial charge in [0, 0.05) is 11.3 Å². The van der Waals surface area contributed by atoms with Gasteiger partial charge < -0.3 is 4.43 Å². The van der Waals surface area contributed by atoms with E-state index >= 15 is 0 Å². The first-order valence-corrected chi connectivity index (χ1v) is 10.6. The van der Waals surface area contributed by atoms with Gasteiger partial charge in [0.1, 0.15) is 0 Å². The van der Waals surface area contributed by atoms with E-state index in [4.69, 9.17) is 4.43 Å². The van der Waals surface area contributed by atoms with Gasteiger partial charge in [0.2, 0.25) is 0 Å². The van der Waals surface area contributed by atoms with Crippen molar-refractivity contribution in [2.24, 2.45) is 0 Å². The molecule has 1 aliphatic carbocycles. The van der Waals surface area contributed by atoms with E-state index < -0.39 is 8.32 Å². The summed E-state index contributed by atoms with van der Waals surface area (Å²) in [7, 11) is -1.77. The third-order valence-corrected chi connectivity index (χ3v) is 9.50. The maximum Gasteiger partial charge on any atom is 0.192 e. The molecule has 0 saturated heterocycles. The van der Waals surface area contributed by atoms with Gasteiger partial charge in [-0.1, -0.05) is 27.7 Å². The summed E-state index contributed by atoms with van der Waals surface area (Å²) in [6, 6.07) is 0. The van der Waals surface area contributed by atoms with Gasteiger partial charge in [-0.3, -0.25) is 4.79 Å². The quantitative estimate of drug-likeness (QED) is 0.702. The van der Waals surface area contributed by atoms with Crippen LogP contribution in [0.4, 0.5) is 0 Å².